The van der Waals surface area contributed by atoms with Crippen LogP contribution in [0.5, 0.6) is 0 Å². The van der Waals surface area contributed by atoms with Crippen LogP contribution in [0.3, 0.4) is 0 Å². The number of aryl methyl sites for hydroxylation is 1. The van der Waals surface area contributed by atoms with Gasteiger partial charge in [-0.15, -0.1) is 0 Å². The molecule has 4 rings (SSSR count). The van der Waals surface area contributed by atoms with Crippen molar-refractivity contribution in [1.29, 1.82) is 0 Å². The SMILES string of the molecule is Cc1cc(C2CCCN(Cc3ccccn3)C2)n2ncnc2n1. The van der Waals surface area contributed by atoms with Crippen molar-refractivity contribution in [1.82, 2.24) is 29.5 Å². The van der Waals surface area contributed by atoms with Gasteiger partial charge in [-0.3, -0.25) is 9.88 Å². The molecule has 118 valence electrons. The molecule has 1 fully saturated rings. The zero-order valence-electron chi connectivity index (χ0n) is 13.3. The molecule has 0 amide bonds. The topological polar surface area (TPSA) is 59.2 Å². The third-order valence-corrected chi connectivity index (χ3v) is 4.44. The molecule has 6 heteroatoms. The molecule has 1 aliphatic heterocycles. The van der Waals surface area contributed by atoms with Gasteiger partial charge in [0, 0.05) is 30.9 Å². The van der Waals surface area contributed by atoms with E-state index in [4.69, 9.17) is 0 Å². The fraction of sp³-hybridized carbons (Fsp3) is 0.412. The average Bonchev–Trinajstić information content (AvgIpc) is 3.03. The highest BCUT2D eigenvalue weighted by atomic mass is 15.3. The maximum absolute atomic E-state index is 4.45. The largest absolute Gasteiger partial charge is 0.297 e. The van der Waals surface area contributed by atoms with Crippen molar-refractivity contribution < 1.29 is 0 Å². The van der Waals surface area contributed by atoms with Crippen LogP contribution in [0.1, 0.15) is 35.8 Å². The molecule has 1 unspecified atom stereocenters. The van der Waals surface area contributed by atoms with Crippen LogP contribution >= 0.6 is 0 Å². The van der Waals surface area contributed by atoms with Crippen LogP contribution in [0, 0.1) is 6.92 Å². The molecule has 4 heterocycles. The Morgan fingerprint density at radius 2 is 2.22 bits per heavy atom. The summed E-state index contributed by atoms with van der Waals surface area (Å²) in [5.74, 6) is 1.15. The summed E-state index contributed by atoms with van der Waals surface area (Å²) in [7, 11) is 0. The molecule has 0 spiro atoms. The molecule has 3 aromatic rings. The number of piperidine rings is 1. The monoisotopic (exact) mass is 308 g/mol. The standard InChI is InChI=1S/C17H20N6/c1-13-9-16(23-17(21-13)19-12-20-23)14-5-4-8-22(10-14)11-15-6-2-3-7-18-15/h2-3,6-7,9,12,14H,4-5,8,10-11H2,1H3. The Kier molecular flexibility index (Phi) is 3.75. The van der Waals surface area contributed by atoms with E-state index in [-0.39, 0.29) is 0 Å². The molecule has 0 N–H and O–H groups in total. The van der Waals surface area contributed by atoms with Crippen molar-refractivity contribution in [2.45, 2.75) is 32.2 Å². The summed E-state index contributed by atoms with van der Waals surface area (Å²) in [5, 5.41) is 4.36. The molecule has 3 aromatic heterocycles. The summed E-state index contributed by atoms with van der Waals surface area (Å²) in [5.41, 5.74) is 3.35. The lowest BCUT2D eigenvalue weighted by molar-refractivity contribution is 0.195. The number of hydrogen-bond donors (Lipinski definition) is 0. The van der Waals surface area contributed by atoms with Gasteiger partial charge in [0.2, 0.25) is 0 Å². The molecule has 23 heavy (non-hydrogen) atoms. The van der Waals surface area contributed by atoms with Crippen molar-refractivity contribution in [3.05, 3.63) is 53.9 Å². The number of nitrogens with zero attached hydrogens (tertiary/aromatic N) is 6. The summed E-state index contributed by atoms with van der Waals surface area (Å²) in [6.07, 6.45) is 5.81. The predicted octanol–water partition coefficient (Wildman–Crippen LogP) is 2.21. The summed E-state index contributed by atoms with van der Waals surface area (Å²) in [6.45, 7) is 5.07. The molecule has 1 saturated heterocycles. The highest BCUT2D eigenvalue weighted by Gasteiger charge is 2.24. The van der Waals surface area contributed by atoms with E-state index in [0.717, 1.165) is 31.0 Å². The van der Waals surface area contributed by atoms with Gasteiger partial charge in [-0.25, -0.2) is 9.50 Å². The van der Waals surface area contributed by atoms with Gasteiger partial charge in [-0.2, -0.15) is 10.1 Å². The minimum atomic E-state index is 0.457. The maximum atomic E-state index is 4.45. The third kappa shape index (κ3) is 2.94. The minimum absolute atomic E-state index is 0.457. The fourth-order valence-corrected chi connectivity index (χ4v) is 3.41. The van der Waals surface area contributed by atoms with E-state index in [9.17, 15) is 0 Å². The van der Waals surface area contributed by atoms with E-state index >= 15 is 0 Å². The van der Waals surface area contributed by atoms with Crippen molar-refractivity contribution in [3.8, 4) is 0 Å². The van der Waals surface area contributed by atoms with Gasteiger partial charge >= 0.3 is 0 Å². The quantitative estimate of drug-likeness (QED) is 0.742. The first-order chi connectivity index (χ1) is 11.3. The van der Waals surface area contributed by atoms with Crippen molar-refractivity contribution in [3.63, 3.8) is 0 Å². The van der Waals surface area contributed by atoms with Gasteiger partial charge in [0.1, 0.15) is 6.33 Å². The summed E-state index contributed by atoms with van der Waals surface area (Å²) in [6, 6.07) is 8.26. The first-order valence-electron chi connectivity index (χ1n) is 8.09. The first kappa shape index (κ1) is 14.3. The highest BCUT2D eigenvalue weighted by molar-refractivity contribution is 5.31. The average molecular weight is 308 g/mol. The lowest BCUT2D eigenvalue weighted by atomic mass is 9.94. The Morgan fingerprint density at radius 3 is 3.09 bits per heavy atom. The number of rotatable bonds is 3. The summed E-state index contributed by atoms with van der Waals surface area (Å²) < 4.78 is 1.89. The van der Waals surface area contributed by atoms with E-state index < -0.39 is 0 Å². The second-order valence-electron chi connectivity index (χ2n) is 6.19. The Labute approximate surface area is 135 Å². The summed E-state index contributed by atoms with van der Waals surface area (Å²) >= 11 is 0. The van der Waals surface area contributed by atoms with E-state index in [2.05, 4.69) is 43.1 Å². The molecule has 6 nitrogen and oxygen atoms in total. The lowest BCUT2D eigenvalue weighted by Gasteiger charge is -2.32. The third-order valence-electron chi connectivity index (χ3n) is 4.44. The van der Waals surface area contributed by atoms with Gasteiger partial charge < -0.3 is 0 Å². The van der Waals surface area contributed by atoms with Crippen LogP contribution in [0.15, 0.2) is 36.8 Å². The number of hydrogen-bond acceptors (Lipinski definition) is 5. The normalized spacial score (nSPS) is 19.3. The Balaban J connectivity index is 1.58. The number of likely N-dealkylation sites (tertiary alicyclic amines) is 1. The zero-order chi connectivity index (χ0) is 15.6. The van der Waals surface area contributed by atoms with E-state index in [1.165, 1.54) is 18.5 Å². The summed E-state index contributed by atoms with van der Waals surface area (Å²) in [4.78, 5) is 15.6. The predicted molar refractivity (Wildman–Crippen MR) is 87.0 cm³/mol. The molecule has 1 aliphatic rings. The number of fused-ring (bicyclic) bond motifs is 1. The Hall–Kier alpha value is -2.34. The lowest BCUT2D eigenvalue weighted by Crippen LogP contribution is -2.35. The Bertz CT molecular complexity index is 797. The second kappa shape index (κ2) is 6.04. The van der Waals surface area contributed by atoms with Crippen molar-refractivity contribution in [2.75, 3.05) is 13.1 Å². The molecule has 1 atom stereocenters. The molecule has 0 saturated carbocycles. The zero-order valence-corrected chi connectivity index (χ0v) is 13.3. The highest BCUT2D eigenvalue weighted by Crippen LogP contribution is 2.27. The van der Waals surface area contributed by atoms with Crippen LogP contribution in [0.4, 0.5) is 0 Å². The van der Waals surface area contributed by atoms with Gasteiger partial charge in [0.25, 0.3) is 5.78 Å². The smallest absolute Gasteiger partial charge is 0.252 e. The van der Waals surface area contributed by atoms with E-state index in [1.807, 2.05) is 23.7 Å². The molecular formula is C17H20N6. The van der Waals surface area contributed by atoms with Crippen LogP contribution in [0.25, 0.3) is 5.78 Å². The number of aromatic nitrogens is 5. The van der Waals surface area contributed by atoms with Crippen LogP contribution in [-0.2, 0) is 6.54 Å². The molecular weight excluding hydrogens is 288 g/mol. The second-order valence-corrected chi connectivity index (χ2v) is 6.19. The fourth-order valence-electron chi connectivity index (χ4n) is 3.41. The van der Waals surface area contributed by atoms with Crippen LogP contribution < -0.4 is 0 Å². The molecule has 0 aliphatic carbocycles. The Morgan fingerprint density at radius 1 is 1.26 bits per heavy atom. The van der Waals surface area contributed by atoms with Gasteiger partial charge in [0.15, 0.2) is 0 Å². The van der Waals surface area contributed by atoms with Gasteiger partial charge in [-0.05, 0) is 44.5 Å². The first-order valence-corrected chi connectivity index (χ1v) is 8.09. The maximum Gasteiger partial charge on any atom is 0.252 e. The molecule has 0 radical (unpaired) electrons. The van der Waals surface area contributed by atoms with Gasteiger partial charge in [0.05, 0.1) is 11.4 Å². The molecule has 0 bridgehead atoms. The van der Waals surface area contributed by atoms with Crippen molar-refractivity contribution in [2.24, 2.45) is 0 Å². The number of pyridine rings is 1. The van der Waals surface area contributed by atoms with Crippen molar-refractivity contribution >= 4 is 5.78 Å². The van der Waals surface area contributed by atoms with E-state index in [1.54, 1.807) is 6.33 Å². The molecule has 0 aromatic carbocycles. The van der Waals surface area contributed by atoms with E-state index in [0.29, 0.717) is 11.7 Å². The minimum Gasteiger partial charge on any atom is -0.297 e. The van der Waals surface area contributed by atoms with Crippen LogP contribution in [-0.4, -0.2) is 42.6 Å². The van der Waals surface area contributed by atoms with Gasteiger partial charge in [-0.1, -0.05) is 6.07 Å². The van der Waals surface area contributed by atoms with Crippen LogP contribution in [0.2, 0.25) is 0 Å².